The maximum absolute atomic E-state index is 5.26. The molecule has 64 heteroatoms. The van der Waals surface area contributed by atoms with Gasteiger partial charge >= 0.3 is 0 Å². The summed E-state index contributed by atoms with van der Waals surface area (Å²) in [5, 5.41) is 0. The van der Waals surface area contributed by atoms with Crippen LogP contribution in [0.25, 0.3) is 0 Å². The van der Waals surface area contributed by atoms with Gasteiger partial charge in [-0.05, 0) is 0 Å². The Hall–Kier alpha value is 4.16. The predicted molar refractivity (Wildman–Crippen MR) is 368 cm³/mol. The number of hydrogen-bond acceptors (Lipinski definition) is 0. The van der Waals surface area contributed by atoms with E-state index in [1.165, 1.54) is 0 Å². The predicted octanol–water partition coefficient (Wildman–Crippen LogP) is -24.4. The fourth-order valence-electron chi connectivity index (χ4n) is 2.05. The summed E-state index contributed by atoms with van der Waals surface area (Å²) in [6.07, 6.45) is -14.2. The van der Waals surface area contributed by atoms with Crippen LogP contribution in [-0.4, -0.2) is 463 Å². The summed E-state index contributed by atoms with van der Waals surface area (Å²) >= 11 is 0. The van der Waals surface area contributed by atoms with Crippen molar-refractivity contribution in [3.05, 3.63) is 0 Å². The van der Waals surface area contributed by atoms with Crippen LogP contribution in [0.15, 0.2) is 0 Å². The summed E-state index contributed by atoms with van der Waals surface area (Å²) < 4.78 is 0. The minimum Gasteiger partial charge on any atom is 0 e. The van der Waals surface area contributed by atoms with Gasteiger partial charge in [-0.1, -0.05) is 0 Å². The molecule has 0 aliphatic heterocycles. The first kappa shape index (κ1) is 84.9. The lowest BCUT2D eigenvalue weighted by atomic mass is 8.68. The molecular weight excluding hydrogens is 692 g/mol. The highest BCUT2D eigenvalue weighted by Crippen LogP contribution is 1.81. The van der Waals surface area contributed by atoms with Gasteiger partial charge in [0.1, 0.15) is 0 Å². The molecule has 0 atom stereocenters. The van der Waals surface area contributed by atoms with Gasteiger partial charge in [0, 0.05) is 463 Å². The van der Waals surface area contributed by atoms with Crippen molar-refractivity contribution in [3.63, 3.8) is 0 Å². The number of rotatable bonds is 16. The van der Waals surface area contributed by atoms with Crippen LogP contribution in [0.4, 0.5) is 0 Å². The van der Waals surface area contributed by atoms with E-state index in [4.69, 9.17) is 309 Å². The summed E-state index contributed by atoms with van der Waals surface area (Å²) in [5.41, 5.74) is 0. The first-order valence-electron chi connectivity index (χ1n) is 18.7. The maximum Gasteiger partial charge on any atom is 0 e. The van der Waals surface area contributed by atoms with E-state index in [2.05, 4.69) is 0 Å². The summed E-state index contributed by atoms with van der Waals surface area (Å²) in [7, 11) is 206. The third-order valence-corrected chi connectivity index (χ3v) is 7.11. The Balaban J connectivity index is -0.0000000933. The van der Waals surface area contributed by atoms with Crippen molar-refractivity contribution >= 4 is 463 Å². The summed E-state index contributed by atoms with van der Waals surface area (Å²) in [5.74, 6) is 0. The van der Waals surface area contributed by atoms with Crippen molar-refractivity contribution in [2.75, 3.05) is 0 Å². The Bertz CT molecular complexity index is 576. The molecule has 0 fully saturated rings. The van der Waals surface area contributed by atoms with E-state index >= 15 is 0 Å². The molecule has 64 heavy (non-hydrogen) atoms. The van der Waals surface area contributed by atoms with Crippen LogP contribution in [0.1, 0.15) is 0 Å². The standard InChI is InChI=1S/8B8/c8*1-6(2)8(5)7(3)4. The minimum absolute atomic E-state index is 0.519. The molecule has 0 heterocycles. The van der Waals surface area contributed by atoms with E-state index in [9.17, 15) is 0 Å². The lowest BCUT2D eigenvalue weighted by Crippen LogP contribution is -2.52. The molecule has 80 radical (unpaired) electrons. The smallest absolute Gasteiger partial charge is 0 e. The van der Waals surface area contributed by atoms with Crippen molar-refractivity contribution < 1.29 is 0 Å². The Morgan fingerprint density at radius 1 is 0.0781 bits per heavy atom. The fraction of sp³-hybridized carbons (Fsp3) is 0. The first-order valence-corrected chi connectivity index (χ1v) is 18.7. The Morgan fingerprint density at radius 3 is 0.109 bits per heavy atom. The highest BCUT2D eigenvalue weighted by atomic mass is 13.0. The lowest BCUT2D eigenvalue weighted by molar-refractivity contribution is 3.62. The average Bonchev–Trinajstić information content (AvgIpc) is 3.16. The van der Waals surface area contributed by atoms with Gasteiger partial charge in [-0.15, -0.1) is 0 Å². The molecule has 0 bridgehead atoms. The largest absolute Gasteiger partial charge is 0 e. The Labute approximate surface area is 458 Å². The molecule has 0 spiro atoms. The van der Waals surface area contributed by atoms with Gasteiger partial charge in [0.25, 0.3) is 0 Å². The molecule has 0 saturated heterocycles. The third-order valence-electron chi connectivity index (χ3n) is 7.11. The van der Waals surface area contributed by atoms with Gasteiger partial charge in [-0.2, -0.15) is 0 Å². The average molecular weight is 692 g/mol. The second-order valence-corrected chi connectivity index (χ2v) is 13.9. The van der Waals surface area contributed by atoms with Crippen LogP contribution in [-0.2, 0) is 0 Å². The monoisotopic (exact) mass is 705 g/mol. The quantitative estimate of drug-likeness (QED) is 0.141. The van der Waals surface area contributed by atoms with E-state index in [1.807, 2.05) is 0 Å². The van der Waals surface area contributed by atoms with Gasteiger partial charge in [0.05, 0.1) is 0 Å². The molecule has 0 aromatic carbocycles. The van der Waals surface area contributed by atoms with Crippen LogP contribution in [0.3, 0.4) is 0 Å². The highest BCUT2D eigenvalue weighted by molar-refractivity contribution is 7.94. The SMILES string of the molecule is [B]B([B])B([B])B([B])[B].[B]B([B])B([B])B([B])[B].[B]B([B])B([B])B([B])[B].[B]B([B])B([B])B([B])[B].[B]B([B])B([B])B([B])[B].[B]B([B])B([B])B([B])[B].[B]B([B])B([B])B([B])[B].[B]B([B])B([B])B([B])[B]. The van der Waals surface area contributed by atoms with Gasteiger partial charge in [-0.3, -0.25) is 0 Å². The van der Waals surface area contributed by atoms with Gasteiger partial charge in [0.15, 0.2) is 0 Å². The summed E-state index contributed by atoms with van der Waals surface area (Å²) in [4.78, 5) is 0. The zero-order valence-corrected chi connectivity index (χ0v) is 37.0. The maximum atomic E-state index is 5.26. The molecular formula is B64. The molecule has 0 nitrogen and oxygen atoms in total. The summed E-state index contributed by atoms with van der Waals surface area (Å²) in [6.45, 7) is 0. The van der Waals surface area contributed by atoms with E-state index in [0.717, 1.165) is 0 Å². The first-order chi connectivity index (χ1) is 28.4. The van der Waals surface area contributed by atoms with Gasteiger partial charge < -0.3 is 0 Å². The normalized spacial score (nSPS) is 8.00. The zero-order chi connectivity index (χ0) is 53.9. The van der Waals surface area contributed by atoms with Crippen molar-refractivity contribution in [1.29, 1.82) is 0 Å². The molecule has 0 aromatic rings. The van der Waals surface area contributed by atoms with Crippen LogP contribution in [0, 0.1) is 0 Å². The van der Waals surface area contributed by atoms with E-state index < -0.39 is 153 Å². The second kappa shape index (κ2) is 50.7. The zero-order valence-electron chi connectivity index (χ0n) is 37.0. The van der Waals surface area contributed by atoms with E-state index in [-0.39, 0.29) is 0 Å². The molecule has 0 unspecified atom stereocenters. The van der Waals surface area contributed by atoms with Crippen molar-refractivity contribution in [2.45, 2.75) is 0 Å². The van der Waals surface area contributed by atoms with Crippen LogP contribution in [0.5, 0.6) is 0 Å². The van der Waals surface area contributed by atoms with Gasteiger partial charge in [-0.25, -0.2) is 0 Å². The second-order valence-electron chi connectivity index (χ2n) is 13.9. The van der Waals surface area contributed by atoms with Crippen LogP contribution in [0.2, 0.25) is 0 Å². The van der Waals surface area contributed by atoms with E-state index in [0.29, 0.717) is 0 Å². The molecule has 0 saturated carbocycles. The molecule has 0 amide bonds. The molecule has 0 rings (SSSR count). The minimum atomic E-state index is -0.630. The Morgan fingerprint density at radius 2 is 0.109 bits per heavy atom. The van der Waals surface area contributed by atoms with Crippen molar-refractivity contribution in [1.82, 2.24) is 0 Å². The molecule has 0 N–H and O–H groups in total. The summed E-state index contributed by atoms with van der Waals surface area (Å²) in [6, 6.07) is 0. The highest BCUT2D eigenvalue weighted by Gasteiger charge is 2.19. The molecule has 0 aliphatic rings. The van der Waals surface area contributed by atoms with Crippen LogP contribution >= 0.6 is 0 Å². The van der Waals surface area contributed by atoms with E-state index in [1.54, 1.807) is 0 Å². The van der Waals surface area contributed by atoms with Crippen LogP contribution < -0.4 is 0 Å². The topological polar surface area (TPSA) is 0 Å². The third kappa shape index (κ3) is 60.5. The molecule has 0 aromatic heterocycles. The fourth-order valence-corrected chi connectivity index (χ4v) is 2.05. The molecule has 0 aliphatic carbocycles. The van der Waals surface area contributed by atoms with Gasteiger partial charge in [0.2, 0.25) is 0 Å². The Kier molecular flexibility index (Phi) is 67.3. The molecule has 192 valence electrons. The number of hydrogen-bond donors (Lipinski definition) is 0. The lowest BCUT2D eigenvalue weighted by Gasteiger charge is -2.13. The van der Waals surface area contributed by atoms with Crippen molar-refractivity contribution in [3.8, 4) is 0 Å². The van der Waals surface area contributed by atoms with Crippen molar-refractivity contribution in [2.24, 2.45) is 0 Å².